The van der Waals surface area contributed by atoms with Gasteiger partial charge in [-0.3, -0.25) is 9.78 Å². The van der Waals surface area contributed by atoms with E-state index in [1.165, 1.54) is 36.4 Å². The molecule has 0 unspecified atom stereocenters. The third-order valence-electron chi connectivity index (χ3n) is 6.19. The maximum atomic E-state index is 13.5. The average Bonchev–Trinajstić information content (AvgIpc) is 3.56. The molecule has 5 rings (SSSR count). The number of carbonyl (C=O) groups excluding carboxylic acids is 1. The Hall–Kier alpha value is -3.90. The fourth-order valence-corrected chi connectivity index (χ4v) is 5.99. The second-order valence-electron chi connectivity index (χ2n) is 8.69. The molecular formula is C26H22F3N3O5S. The topological polar surface area (TPSA) is 102 Å². The Morgan fingerprint density at radius 3 is 2.68 bits per heavy atom. The normalized spacial score (nSPS) is 16.3. The van der Waals surface area contributed by atoms with Crippen molar-refractivity contribution < 1.29 is 35.5 Å². The molecule has 2 aromatic heterocycles. The van der Waals surface area contributed by atoms with Crippen LogP contribution >= 0.6 is 0 Å². The van der Waals surface area contributed by atoms with Crippen LogP contribution in [0.25, 0.3) is 22.2 Å². The molecule has 198 valence electrons. The summed E-state index contributed by atoms with van der Waals surface area (Å²) in [5.41, 5.74) is 2.17. The molecule has 1 fully saturated rings. The Morgan fingerprint density at radius 2 is 1.92 bits per heavy atom. The first kappa shape index (κ1) is 25.7. The number of hydrogen-bond donors (Lipinski definition) is 1. The Balaban J connectivity index is 1.27. The van der Waals surface area contributed by atoms with Gasteiger partial charge in [-0.25, -0.2) is 12.8 Å². The van der Waals surface area contributed by atoms with E-state index >= 15 is 0 Å². The lowest BCUT2D eigenvalue weighted by Gasteiger charge is -2.22. The lowest BCUT2D eigenvalue weighted by atomic mass is 10.1. The van der Waals surface area contributed by atoms with E-state index < -0.39 is 34.4 Å². The zero-order valence-corrected chi connectivity index (χ0v) is 20.6. The highest BCUT2D eigenvalue weighted by molar-refractivity contribution is 7.89. The maximum Gasteiger partial charge on any atom is 0.387 e. The highest BCUT2D eigenvalue weighted by Crippen LogP contribution is 2.30. The zero-order valence-electron chi connectivity index (χ0n) is 19.8. The summed E-state index contributed by atoms with van der Waals surface area (Å²) in [6.45, 7) is -2.65. The second-order valence-corrected chi connectivity index (χ2v) is 10.5. The van der Waals surface area contributed by atoms with E-state index in [1.54, 1.807) is 30.5 Å². The van der Waals surface area contributed by atoms with Gasteiger partial charge in [0.05, 0.1) is 5.69 Å². The molecule has 38 heavy (non-hydrogen) atoms. The fourth-order valence-electron chi connectivity index (χ4n) is 4.38. The minimum Gasteiger partial charge on any atom is -0.443 e. The summed E-state index contributed by atoms with van der Waals surface area (Å²) in [4.78, 5) is 17.3. The number of furan rings is 1. The first-order valence-electron chi connectivity index (χ1n) is 11.7. The van der Waals surface area contributed by atoms with E-state index in [9.17, 15) is 26.4 Å². The molecule has 1 saturated heterocycles. The quantitative estimate of drug-likeness (QED) is 0.344. The summed E-state index contributed by atoms with van der Waals surface area (Å²) in [6.07, 6.45) is 2.39. The van der Waals surface area contributed by atoms with Crippen LogP contribution in [0.3, 0.4) is 0 Å². The summed E-state index contributed by atoms with van der Waals surface area (Å²) in [5.74, 6) is -0.948. The van der Waals surface area contributed by atoms with Crippen molar-refractivity contribution in [3.63, 3.8) is 0 Å². The van der Waals surface area contributed by atoms with Gasteiger partial charge < -0.3 is 14.5 Å². The number of benzene rings is 2. The number of nitrogens with one attached hydrogen (secondary N) is 1. The standard InChI is InChI=1S/C26H22F3N3O5S/c27-19-5-8-23-18(13-19)14-24(37-23)38(34,35)32-11-1-2-22(32)25(33)31-15-16-9-10-30-21(12-16)17-3-6-20(7-4-17)36-26(28)29/h3-10,12-14,22,26H,1-2,11,15H2,(H,31,33)/t22-/m0/s1. The minimum atomic E-state index is -4.13. The van der Waals surface area contributed by atoms with Crippen LogP contribution in [-0.4, -0.2) is 42.8 Å². The average molecular weight is 546 g/mol. The predicted octanol–water partition coefficient (Wildman–Crippen LogP) is 4.70. The number of ether oxygens (including phenoxy) is 1. The van der Waals surface area contributed by atoms with E-state index in [-0.39, 0.29) is 29.5 Å². The lowest BCUT2D eigenvalue weighted by Crippen LogP contribution is -2.45. The van der Waals surface area contributed by atoms with E-state index in [2.05, 4.69) is 15.0 Å². The molecule has 3 heterocycles. The summed E-state index contributed by atoms with van der Waals surface area (Å²) >= 11 is 0. The number of hydrogen-bond acceptors (Lipinski definition) is 6. The Kier molecular flexibility index (Phi) is 7.09. The molecule has 0 radical (unpaired) electrons. The number of amides is 1. The number of pyridine rings is 1. The van der Waals surface area contributed by atoms with Crippen molar-refractivity contribution in [1.82, 2.24) is 14.6 Å². The van der Waals surface area contributed by atoms with E-state index in [0.29, 0.717) is 35.0 Å². The summed E-state index contributed by atoms with van der Waals surface area (Å²) < 4.78 is 75.7. The van der Waals surface area contributed by atoms with Crippen molar-refractivity contribution in [2.45, 2.75) is 37.1 Å². The highest BCUT2D eigenvalue weighted by atomic mass is 32.2. The number of aromatic nitrogens is 1. The van der Waals surface area contributed by atoms with Gasteiger partial charge in [0.1, 0.15) is 23.2 Å². The van der Waals surface area contributed by atoms with E-state index in [1.807, 2.05) is 0 Å². The van der Waals surface area contributed by atoms with Gasteiger partial charge in [-0.15, -0.1) is 0 Å². The highest BCUT2D eigenvalue weighted by Gasteiger charge is 2.41. The van der Waals surface area contributed by atoms with E-state index in [0.717, 1.165) is 4.31 Å². The molecule has 12 heteroatoms. The van der Waals surface area contributed by atoms with Gasteiger partial charge in [-0.1, -0.05) is 0 Å². The molecule has 1 aliphatic heterocycles. The number of carbonyl (C=O) groups is 1. The molecular weight excluding hydrogens is 523 g/mol. The number of nitrogens with zero attached hydrogens (tertiary/aromatic N) is 2. The molecule has 1 amide bonds. The largest absolute Gasteiger partial charge is 0.443 e. The van der Waals surface area contributed by atoms with Crippen LogP contribution in [0.1, 0.15) is 18.4 Å². The number of rotatable bonds is 8. The third kappa shape index (κ3) is 5.36. The molecule has 1 atom stereocenters. The SMILES string of the molecule is O=C(NCc1ccnc(-c2ccc(OC(F)F)cc2)c1)[C@@H]1CCCN1S(=O)(=O)c1cc2cc(F)ccc2o1. The molecule has 2 aromatic carbocycles. The molecule has 8 nitrogen and oxygen atoms in total. The number of alkyl halides is 2. The van der Waals surface area contributed by atoms with Crippen molar-refractivity contribution in [1.29, 1.82) is 0 Å². The molecule has 1 aliphatic rings. The fraction of sp³-hybridized carbons (Fsp3) is 0.231. The van der Waals surface area contributed by atoms with Crippen LogP contribution < -0.4 is 10.1 Å². The van der Waals surface area contributed by atoms with Gasteiger partial charge in [0.25, 0.3) is 10.0 Å². The van der Waals surface area contributed by atoms with Gasteiger partial charge in [-0.2, -0.15) is 13.1 Å². The van der Waals surface area contributed by atoms with Crippen LogP contribution in [0.4, 0.5) is 13.2 Å². The van der Waals surface area contributed by atoms with Gasteiger partial charge in [0.15, 0.2) is 0 Å². The summed E-state index contributed by atoms with van der Waals surface area (Å²) in [6, 6.07) is 13.5. The minimum absolute atomic E-state index is 0.0260. The molecule has 0 spiro atoms. The van der Waals surface area contributed by atoms with Crippen molar-refractivity contribution in [3.8, 4) is 17.0 Å². The maximum absolute atomic E-state index is 13.5. The molecule has 0 saturated carbocycles. The van der Waals surface area contributed by atoms with Crippen LogP contribution in [0.2, 0.25) is 0 Å². The smallest absolute Gasteiger partial charge is 0.387 e. The number of halogens is 3. The summed E-state index contributed by atoms with van der Waals surface area (Å²) in [5, 5.41) is 2.75. The first-order valence-corrected chi connectivity index (χ1v) is 13.1. The second kappa shape index (κ2) is 10.5. The first-order chi connectivity index (χ1) is 18.2. The van der Waals surface area contributed by atoms with Gasteiger partial charge in [-0.05, 0) is 73.0 Å². The molecule has 0 bridgehead atoms. The van der Waals surface area contributed by atoms with Crippen molar-refractivity contribution in [2.24, 2.45) is 0 Å². The lowest BCUT2D eigenvalue weighted by molar-refractivity contribution is -0.124. The summed E-state index contributed by atoms with van der Waals surface area (Å²) in [7, 11) is -4.13. The van der Waals surface area contributed by atoms with Crippen LogP contribution in [-0.2, 0) is 21.4 Å². The van der Waals surface area contributed by atoms with Crippen molar-refractivity contribution >= 4 is 26.9 Å². The van der Waals surface area contributed by atoms with Crippen LogP contribution in [0.5, 0.6) is 5.75 Å². The third-order valence-corrected chi connectivity index (χ3v) is 7.96. The number of fused-ring (bicyclic) bond motifs is 1. The predicted molar refractivity (Wildman–Crippen MR) is 131 cm³/mol. The van der Waals surface area contributed by atoms with Crippen molar-refractivity contribution in [3.05, 3.63) is 78.2 Å². The van der Waals surface area contributed by atoms with Crippen LogP contribution in [0, 0.1) is 5.82 Å². The van der Waals surface area contributed by atoms with Crippen molar-refractivity contribution in [2.75, 3.05) is 6.54 Å². The monoisotopic (exact) mass is 545 g/mol. The molecule has 0 aliphatic carbocycles. The van der Waals surface area contributed by atoms with E-state index in [4.69, 9.17) is 4.42 Å². The Morgan fingerprint density at radius 1 is 1.13 bits per heavy atom. The van der Waals surface area contributed by atoms with Gasteiger partial charge in [0, 0.05) is 36.3 Å². The van der Waals surface area contributed by atoms with Crippen LogP contribution in [0.15, 0.2) is 76.4 Å². The Bertz CT molecular complexity index is 1570. The Labute approximate surface area is 216 Å². The molecule has 4 aromatic rings. The van der Waals surface area contributed by atoms with Gasteiger partial charge >= 0.3 is 6.61 Å². The zero-order chi connectivity index (χ0) is 26.9. The van der Waals surface area contributed by atoms with Gasteiger partial charge in [0.2, 0.25) is 11.0 Å². The number of sulfonamides is 1. The molecule has 1 N–H and O–H groups in total.